The molecule has 0 fully saturated rings. The van der Waals surface area contributed by atoms with Gasteiger partial charge in [0, 0.05) is 49.0 Å². The van der Waals surface area contributed by atoms with Gasteiger partial charge in [-0.15, -0.1) is 0 Å². The van der Waals surface area contributed by atoms with E-state index >= 15 is 0 Å². The van der Waals surface area contributed by atoms with Gasteiger partial charge in [0.1, 0.15) is 33.5 Å². The number of benzene rings is 9. The minimum Gasteiger partial charge on any atom is -0.456 e. The molecule has 0 aliphatic rings. The number of nitrogens with zero attached hydrogens (tertiary/aromatic N) is 3. The molecule has 294 valence electrons. The zero-order valence-corrected chi connectivity index (χ0v) is 33.6. The van der Waals surface area contributed by atoms with Crippen molar-refractivity contribution in [3.05, 3.63) is 200 Å². The molecule has 0 atom stereocenters. The van der Waals surface area contributed by atoms with Crippen LogP contribution in [0.5, 0.6) is 0 Å². The molecule has 0 spiro atoms. The molecule has 4 aromatic heterocycles. The molecule has 0 amide bonds. The van der Waals surface area contributed by atoms with Gasteiger partial charge in [0.25, 0.3) is 0 Å². The lowest BCUT2D eigenvalue weighted by atomic mass is 9.91. The van der Waals surface area contributed by atoms with E-state index in [1.807, 2.05) is 78.9 Å². The molecule has 0 aliphatic carbocycles. The second-order valence-electron chi connectivity index (χ2n) is 15.9. The Balaban J connectivity index is 0.931. The topological polar surface area (TPSA) is 78.1 Å². The Kier molecular flexibility index (Phi) is 7.80. The summed E-state index contributed by atoms with van der Waals surface area (Å²) in [7, 11) is 0. The zero-order chi connectivity index (χ0) is 41.4. The number of para-hydroxylation sites is 1. The molecule has 4 heterocycles. The second kappa shape index (κ2) is 14.0. The van der Waals surface area contributed by atoms with Crippen LogP contribution in [0.1, 0.15) is 0 Å². The van der Waals surface area contributed by atoms with Gasteiger partial charge in [-0.1, -0.05) is 146 Å². The van der Waals surface area contributed by atoms with Gasteiger partial charge in [-0.25, -0.2) is 15.0 Å². The quantitative estimate of drug-likeness (QED) is 0.166. The Hall–Kier alpha value is -8.61. The summed E-state index contributed by atoms with van der Waals surface area (Å²) < 4.78 is 19.3. The molecular weight excluding hydrogens is 775 g/mol. The maximum Gasteiger partial charge on any atom is 0.164 e. The molecule has 13 aromatic rings. The summed E-state index contributed by atoms with van der Waals surface area (Å²) in [5.74, 6) is 1.68. The van der Waals surface area contributed by atoms with E-state index in [1.165, 1.54) is 0 Å². The molecular formula is C57H33N3O3. The molecule has 6 nitrogen and oxygen atoms in total. The molecule has 0 radical (unpaired) electrons. The number of aromatic nitrogens is 3. The molecule has 0 bridgehead atoms. The molecule has 0 saturated heterocycles. The highest BCUT2D eigenvalue weighted by Gasteiger charge is 2.20. The number of hydrogen-bond acceptors (Lipinski definition) is 6. The Morgan fingerprint density at radius 3 is 1.40 bits per heavy atom. The third kappa shape index (κ3) is 5.76. The first kappa shape index (κ1) is 35.2. The fourth-order valence-electron chi connectivity index (χ4n) is 9.23. The highest BCUT2D eigenvalue weighted by atomic mass is 16.3. The Bertz CT molecular complexity index is 3920. The van der Waals surface area contributed by atoms with Crippen molar-refractivity contribution in [3.63, 3.8) is 0 Å². The number of furan rings is 3. The van der Waals surface area contributed by atoms with Crippen LogP contribution >= 0.6 is 0 Å². The average molecular weight is 808 g/mol. The van der Waals surface area contributed by atoms with Crippen molar-refractivity contribution in [3.8, 4) is 67.5 Å². The lowest BCUT2D eigenvalue weighted by Gasteiger charge is -2.12. The van der Waals surface area contributed by atoms with E-state index in [4.69, 9.17) is 28.2 Å². The van der Waals surface area contributed by atoms with Crippen LogP contribution in [0.15, 0.2) is 213 Å². The maximum absolute atomic E-state index is 6.67. The van der Waals surface area contributed by atoms with Crippen LogP contribution in [0.4, 0.5) is 0 Å². The highest BCUT2D eigenvalue weighted by molar-refractivity contribution is 6.15. The van der Waals surface area contributed by atoms with Gasteiger partial charge in [0.15, 0.2) is 17.5 Å². The number of fused-ring (bicyclic) bond motifs is 9. The summed E-state index contributed by atoms with van der Waals surface area (Å²) >= 11 is 0. The first-order valence-electron chi connectivity index (χ1n) is 21.0. The highest BCUT2D eigenvalue weighted by Crippen LogP contribution is 2.43. The predicted octanol–water partition coefficient (Wildman–Crippen LogP) is 15.6. The minimum absolute atomic E-state index is 0.546. The van der Waals surface area contributed by atoms with Gasteiger partial charge in [-0.2, -0.15) is 0 Å². The van der Waals surface area contributed by atoms with Crippen LogP contribution in [0.25, 0.3) is 133 Å². The van der Waals surface area contributed by atoms with Gasteiger partial charge in [0.2, 0.25) is 0 Å². The second-order valence-corrected chi connectivity index (χ2v) is 15.9. The molecule has 9 aromatic carbocycles. The first-order chi connectivity index (χ1) is 31.2. The monoisotopic (exact) mass is 807 g/mol. The van der Waals surface area contributed by atoms with Gasteiger partial charge < -0.3 is 13.3 Å². The van der Waals surface area contributed by atoms with E-state index in [-0.39, 0.29) is 0 Å². The Labute approximate surface area is 360 Å². The maximum atomic E-state index is 6.67. The zero-order valence-electron chi connectivity index (χ0n) is 33.6. The van der Waals surface area contributed by atoms with Crippen LogP contribution < -0.4 is 0 Å². The summed E-state index contributed by atoms with van der Waals surface area (Å²) in [6, 6.07) is 68.7. The SMILES string of the molecule is c1ccc(-c2nc(-c3ccc4c(c3)oc3cccc(-c5ccccc5)c34)nc(-c3ccc4c(c3)oc3cccc(-c5ccccc5-c5ccc6oc7ccccc7c6c5)c34)n2)cc1. The largest absolute Gasteiger partial charge is 0.456 e. The molecule has 13 rings (SSSR count). The first-order valence-corrected chi connectivity index (χ1v) is 21.0. The van der Waals surface area contributed by atoms with Crippen LogP contribution in [-0.2, 0) is 0 Å². The van der Waals surface area contributed by atoms with E-state index in [0.29, 0.717) is 17.5 Å². The van der Waals surface area contributed by atoms with E-state index in [0.717, 1.165) is 116 Å². The summed E-state index contributed by atoms with van der Waals surface area (Å²) in [6.07, 6.45) is 0. The molecule has 0 aliphatic heterocycles. The van der Waals surface area contributed by atoms with Crippen molar-refractivity contribution < 1.29 is 13.3 Å². The fourth-order valence-corrected chi connectivity index (χ4v) is 9.23. The van der Waals surface area contributed by atoms with Crippen molar-refractivity contribution in [1.82, 2.24) is 15.0 Å². The van der Waals surface area contributed by atoms with Crippen LogP contribution in [0, 0.1) is 0 Å². The van der Waals surface area contributed by atoms with Crippen molar-refractivity contribution in [2.24, 2.45) is 0 Å². The van der Waals surface area contributed by atoms with E-state index in [9.17, 15) is 0 Å². The molecule has 6 heteroatoms. The smallest absolute Gasteiger partial charge is 0.164 e. The van der Waals surface area contributed by atoms with Crippen LogP contribution in [0.2, 0.25) is 0 Å². The fraction of sp³-hybridized carbons (Fsp3) is 0. The summed E-state index contributed by atoms with van der Waals surface area (Å²) in [4.78, 5) is 15.2. The third-order valence-corrected chi connectivity index (χ3v) is 12.2. The lowest BCUT2D eigenvalue weighted by molar-refractivity contribution is 0.668. The van der Waals surface area contributed by atoms with Crippen molar-refractivity contribution >= 4 is 65.8 Å². The standard InChI is InChI=1S/C57H33N3O3/c1-3-13-34(14-4-1)40-20-11-23-49-53(40)44-28-25-37(32-51(44)62-49)56-58-55(35-15-5-2-6-16-35)59-57(60-56)38-26-29-45-52(33-38)63-50-24-12-21-43(54(45)50)41-18-8-7-17-39(41)36-27-30-48-46(31-36)42-19-9-10-22-47(42)61-48/h1-33H. The summed E-state index contributed by atoms with van der Waals surface area (Å²) in [5, 5.41) is 6.39. The Morgan fingerprint density at radius 2 is 0.714 bits per heavy atom. The summed E-state index contributed by atoms with van der Waals surface area (Å²) in [5.41, 5.74) is 14.2. The van der Waals surface area contributed by atoms with Gasteiger partial charge in [-0.05, 0) is 88.0 Å². The van der Waals surface area contributed by atoms with Gasteiger partial charge in [0.05, 0.1) is 0 Å². The minimum atomic E-state index is 0.546. The molecule has 0 N–H and O–H groups in total. The Morgan fingerprint density at radius 1 is 0.238 bits per heavy atom. The molecule has 0 unspecified atom stereocenters. The molecule has 63 heavy (non-hydrogen) atoms. The van der Waals surface area contributed by atoms with Crippen LogP contribution in [-0.4, -0.2) is 15.0 Å². The number of rotatable bonds is 6. The van der Waals surface area contributed by atoms with E-state index in [2.05, 4.69) is 121 Å². The third-order valence-electron chi connectivity index (χ3n) is 12.2. The van der Waals surface area contributed by atoms with Gasteiger partial charge >= 0.3 is 0 Å². The normalized spacial score (nSPS) is 11.8. The predicted molar refractivity (Wildman–Crippen MR) is 254 cm³/mol. The average Bonchev–Trinajstić information content (AvgIpc) is 4.05. The van der Waals surface area contributed by atoms with E-state index in [1.54, 1.807) is 0 Å². The lowest BCUT2D eigenvalue weighted by Crippen LogP contribution is -2.00. The van der Waals surface area contributed by atoms with Crippen LogP contribution in [0.3, 0.4) is 0 Å². The van der Waals surface area contributed by atoms with E-state index < -0.39 is 0 Å². The van der Waals surface area contributed by atoms with Crippen molar-refractivity contribution in [2.45, 2.75) is 0 Å². The van der Waals surface area contributed by atoms with Gasteiger partial charge in [-0.3, -0.25) is 0 Å². The summed E-state index contributed by atoms with van der Waals surface area (Å²) in [6.45, 7) is 0. The molecule has 0 saturated carbocycles. The number of hydrogen-bond donors (Lipinski definition) is 0. The van der Waals surface area contributed by atoms with Crippen molar-refractivity contribution in [1.29, 1.82) is 0 Å². The van der Waals surface area contributed by atoms with Crippen molar-refractivity contribution in [2.75, 3.05) is 0 Å².